The Hall–Kier alpha value is -1.07. The molecule has 0 bridgehead atoms. The second kappa shape index (κ2) is 4.84. The molecule has 0 aliphatic heterocycles. The lowest BCUT2D eigenvalue weighted by Gasteiger charge is -2.11. The summed E-state index contributed by atoms with van der Waals surface area (Å²) in [5.41, 5.74) is 0.695. The van der Waals surface area contributed by atoms with E-state index in [1.807, 2.05) is 0 Å². The molecule has 90 valence electrons. The van der Waals surface area contributed by atoms with E-state index in [0.29, 0.717) is 17.7 Å². The molecule has 5 heteroatoms. The lowest BCUT2D eigenvalue weighted by Crippen LogP contribution is -2.07. The summed E-state index contributed by atoms with van der Waals surface area (Å²) in [7, 11) is -1.71. The molecule has 1 N–H and O–H groups in total. The molecule has 0 amide bonds. The number of hydrogen-bond acceptors (Lipinski definition) is 4. The molecule has 4 nitrogen and oxygen atoms in total. The highest BCUT2D eigenvalue weighted by Crippen LogP contribution is 2.23. The summed E-state index contributed by atoms with van der Waals surface area (Å²) in [6, 6.07) is 4.65. The maximum Gasteiger partial charge on any atom is 0.175 e. The third-order valence-corrected chi connectivity index (χ3v) is 3.31. The highest BCUT2D eigenvalue weighted by Gasteiger charge is 2.12. The summed E-state index contributed by atoms with van der Waals surface area (Å²) in [4.78, 5) is 0.240. The first-order valence-corrected chi connectivity index (χ1v) is 6.78. The molecule has 0 heterocycles. The number of sulfone groups is 1. The van der Waals surface area contributed by atoms with Crippen LogP contribution in [0.25, 0.3) is 0 Å². The number of ether oxygens (including phenoxy) is 1. The smallest absolute Gasteiger partial charge is 0.175 e. The summed E-state index contributed by atoms with van der Waals surface area (Å²) in [5.74, 6) is 0.591. The Labute approximate surface area is 95.8 Å². The van der Waals surface area contributed by atoms with Crippen molar-refractivity contribution in [1.29, 1.82) is 0 Å². The zero-order valence-electron chi connectivity index (χ0n) is 9.60. The van der Waals surface area contributed by atoms with E-state index in [0.717, 1.165) is 6.26 Å². The van der Waals surface area contributed by atoms with Crippen LogP contribution in [0.1, 0.15) is 12.5 Å². The van der Waals surface area contributed by atoms with E-state index in [-0.39, 0.29) is 4.90 Å². The van der Waals surface area contributed by atoms with Crippen molar-refractivity contribution in [3.05, 3.63) is 23.8 Å². The Morgan fingerprint density at radius 1 is 1.44 bits per heavy atom. The van der Waals surface area contributed by atoms with Crippen LogP contribution in [0.3, 0.4) is 0 Å². The molecular weight excluding hydrogens is 228 g/mol. The fourth-order valence-corrected chi connectivity index (χ4v) is 2.13. The van der Waals surface area contributed by atoms with Gasteiger partial charge in [-0.15, -0.1) is 0 Å². The average Bonchev–Trinajstić information content (AvgIpc) is 2.15. The molecule has 0 saturated heterocycles. The zero-order valence-corrected chi connectivity index (χ0v) is 10.4. The molecule has 1 aromatic carbocycles. The number of benzene rings is 1. The van der Waals surface area contributed by atoms with E-state index in [2.05, 4.69) is 0 Å². The Morgan fingerprint density at radius 3 is 2.50 bits per heavy atom. The fourth-order valence-electron chi connectivity index (χ4n) is 1.46. The third kappa shape index (κ3) is 3.21. The van der Waals surface area contributed by atoms with Crippen LogP contribution in [0, 0.1) is 0 Å². The number of rotatable bonds is 4. The van der Waals surface area contributed by atoms with Crippen molar-refractivity contribution >= 4 is 9.84 Å². The van der Waals surface area contributed by atoms with Gasteiger partial charge in [-0.25, -0.2) is 8.42 Å². The molecule has 1 unspecified atom stereocenters. The van der Waals surface area contributed by atoms with Gasteiger partial charge in [0.1, 0.15) is 5.75 Å². The molecule has 0 saturated carbocycles. The average molecular weight is 244 g/mol. The predicted molar refractivity (Wildman–Crippen MR) is 61.5 cm³/mol. The largest absolute Gasteiger partial charge is 0.496 e. The Bertz CT molecular complexity index is 463. The van der Waals surface area contributed by atoms with E-state index in [1.54, 1.807) is 19.1 Å². The van der Waals surface area contributed by atoms with Crippen molar-refractivity contribution in [2.45, 2.75) is 24.3 Å². The third-order valence-electron chi connectivity index (χ3n) is 2.20. The molecular formula is C11H16O4S. The molecule has 0 fully saturated rings. The number of hydrogen-bond donors (Lipinski definition) is 1. The maximum atomic E-state index is 11.4. The summed E-state index contributed by atoms with van der Waals surface area (Å²) in [5, 5.41) is 9.31. The first-order valence-electron chi connectivity index (χ1n) is 4.89. The Morgan fingerprint density at radius 2 is 2.06 bits per heavy atom. The van der Waals surface area contributed by atoms with Gasteiger partial charge in [0.25, 0.3) is 0 Å². The quantitative estimate of drug-likeness (QED) is 0.859. The number of methoxy groups -OCH3 is 1. The molecule has 0 radical (unpaired) electrons. The molecule has 0 spiro atoms. The molecule has 0 aliphatic rings. The van der Waals surface area contributed by atoms with Crippen molar-refractivity contribution in [1.82, 2.24) is 0 Å². The molecule has 1 atom stereocenters. The molecule has 16 heavy (non-hydrogen) atoms. The van der Waals surface area contributed by atoms with Crippen molar-refractivity contribution in [3.63, 3.8) is 0 Å². The summed E-state index contributed by atoms with van der Waals surface area (Å²) in [6.07, 6.45) is 0.983. The zero-order chi connectivity index (χ0) is 12.3. The first-order chi connectivity index (χ1) is 7.34. The lowest BCUT2D eigenvalue weighted by molar-refractivity contribution is 0.194. The minimum atomic E-state index is -3.22. The van der Waals surface area contributed by atoms with Crippen molar-refractivity contribution in [2.75, 3.05) is 13.4 Å². The van der Waals surface area contributed by atoms with Crippen LogP contribution in [0.4, 0.5) is 0 Å². The second-order valence-electron chi connectivity index (χ2n) is 3.80. The second-order valence-corrected chi connectivity index (χ2v) is 5.81. The maximum absolute atomic E-state index is 11.4. The van der Waals surface area contributed by atoms with E-state index in [1.165, 1.54) is 13.2 Å². The minimum Gasteiger partial charge on any atom is -0.496 e. The summed E-state index contributed by atoms with van der Waals surface area (Å²) < 4.78 is 27.8. The van der Waals surface area contributed by atoms with E-state index in [9.17, 15) is 13.5 Å². The van der Waals surface area contributed by atoms with Gasteiger partial charge in [0.05, 0.1) is 18.1 Å². The monoisotopic (exact) mass is 244 g/mol. The van der Waals surface area contributed by atoms with Gasteiger partial charge in [0.2, 0.25) is 0 Å². The highest BCUT2D eigenvalue weighted by molar-refractivity contribution is 7.90. The van der Waals surface area contributed by atoms with E-state index >= 15 is 0 Å². The van der Waals surface area contributed by atoms with E-state index in [4.69, 9.17) is 4.74 Å². The van der Waals surface area contributed by atoms with Crippen molar-refractivity contribution < 1.29 is 18.3 Å². The lowest BCUT2D eigenvalue weighted by atomic mass is 10.1. The van der Waals surface area contributed by atoms with Crippen LogP contribution in [-0.4, -0.2) is 33.0 Å². The van der Waals surface area contributed by atoms with Crippen molar-refractivity contribution in [3.8, 4) is 5.75 Å². The summed E-state index contributed by atoms with van der Waals surface area (Å²) in [6.45, 7) is 1.65. The van der Waals surface area contributed by atoms with Crippen LogP contribution < -0.4 is 4.74 Å². The van der Waals surface area contributed by atoms with Gasteiger partial charge < -0.3 is 9.84 Å². The Kier molecular flexibility index (Phi) is 3.93. The summed E-state index contributed by atoms with van der Waals surface area (Å²) >= 11 is 0. The van der Waals surface area contributed by atoms with Gasteiger partial charge >= 0.3 is 0 Å². The molecule has 1 rings (SSSR count). The number of aliphatic hydroxyl groups excluding tert-OH is 1. The van der Waals surface area contributed by atoms with Crippen molar-refractivity contribution in [2.24, 2.45) is 0 Å². The van der Waals surface area contributed by atoms with Gasteiger partial charge in [-0.3, -0.25) is 0 Å². The van der Waals surface area contributed by atoms with Crippen LogP contribution in [0.2, 0.25) is 0 Å². The van der Waals surface area contributed by atoms with E-state index < -0.39 is 15.9 Å². The van der Waals surface area contributed by atoms with Gasteiger partial charge in [-0.05, 0) is 30.7 Å². The topological polar surface area (TPSA) is 63.6 Å². The first kappa shape index (κ1) is 13.0. The normalized spacial score (nSPS) is 13.5. The van der Waals surface area contributed by atoms with Gasteiger partial charge in [-0.1, -0.05) is 0 Å². The molecule has 1 aromatic rings. The standard InChI is InChI=1S/C11H16O4S/c1-8(12)6-9-7-10(16(3,13)14)4-5-11(9)15-2/h4-5,7-8,12H,6H2,1-3H3. The minimum absolute atomic E-state index is 0.240. The molecule has 0 aliphatic carbocycles. The van der Waals surface area contributed by atoms with Crippen LogP contribution in [-0.2, 0) is 16.3 Å². The van der Waals surface area contributed by atoms with Crippen LogP contribution in [0.15, 0.2) is 23.1 Å². The van der Waals surface area contributed by atoms with Crippen LogP contribution in [0.5, 0.6) is 5.75 Å². The van der Waals surface area contributed by atoms with Gasteiger partial charge in [0.15, 0.2) is 9.84 Å². The molecule has 0 aromatic heterocycles. The number of aliphatic hydroxyl groups is 1. The Balaban J connectivity index is 3.21. The highest BCUT2D eigenvalue weighted by atomic mass is 32.2. The fraction of sp³-hybridized carbons (Fsp3) is 0.455. The van der Waals surface area contributed by atoms with Crippen LogP contribution >= 0.6 is 0 Å². The van der Waals surface area contributed by atoms with Gasteiger partial charge in [0, 0.05) is 12.7 Å². The van der Waals surface area contributed by atoms with Gasteiger partial charge in [-0.2, -0.15) is 0 Å². The SMILES string of the molecule is COc1ccc(S(C)(=O)=O)cc1CC(C)O. The predicted octanol–water partition coefficient (Wildman–Crippen LogP) is 1.02.